The van der Waals surface area contributed by atoms with Gasteiger partial charge in [-0.2, -0.15) is 0 Å². The van der Waals surface area contributed by atoms with Crippen molar-refractivity contribution in [2.45, 2.75) is 52.0 Å². The maximum Gasteiger partial charge on any atom is 0.331 e. The molecule has 0 saturated heterocycles. The summed E-state index contributed by atoms with van der Waals surface area (Å²) in [5, 5.41) is 2.99. The molecule has 0 bridgehead atoms. The summed E-state index contributed by atoms with van der Waals surface area (Å²) in [6.45, 7) is 4.01. The number of ether oxygens (including phenoxy) is 2. The van der Waals surface area contributed by atoms with Gasteiger partial charge in [0.05, 0.1) is 13.2 Å². The minimum atomic E-state index is -0.632. The summed E-state index contributed by atoms with van der Waals surface area (Å²) < 4.78 is 9.49. The van der Waals surface area contributed by atoms with Crippen molar-refractivity contribution in [2.24, 2.45) is 11.8 Å². The van der Waals surface area contributed by atoms with Crippen molar-refractivity contribution in [2.75, 3.05) is 13.7 Å². The molecule has 1 amide bonds. The molecule has 0 aromatic heterocycles. The summed E-state index contributed by atoms with van der Waals surface area (Å²) in [5.41, 5.74) is 0. The lowest BCUT2D eigenvalue weighted by Crippen LogP contribution is -2.45. The Morgan fingerprint density at radius 2 is 1.70 bits per heavy atom. The average molecular weight is 325 g/mol. The number of hydrogen-bond acceptors (Lipinski definition) is 5. The predicted octanol–water partition coefficient (Wildman–Crippen LogP) is 1.98. The SMILES string of the molecule is COC(=O)/C=C/C(=O)OC[C@@H](NC(=O)C1CCCCC1)C(C)C. The van der Waals surface area contributed by atoms with Gasteiger partial charge in [-0.25, -0.2) is 9.59 Å². The Kier molecular flexibility index (Phi) is 8.37. The number of carbonyl (C=O) groups is 3. The van der Waals surface area contributed by atoms with Crippen molar-refractivity contribution in [3.05, 3.63) is 12.2 Å². The topological polar surface area (TPSA) is 81.7 Å². The molecule has 0 aliphatic heterocycles. The van der Waals surface area contributed by atoms with E-state index < -0.39 is 11.9 Å². The molecule has 0 heterocycles. The minimum Gasteiger partial charge on any atom is -0.466 e. The molecule has 6 nitrogen and oxygen atoms in total. The summed E-state index contributed by atoms with van der Waals surface area (Å²) in [6.07, 6.45) is 7.27. The smallest absolute Gasteiger partial charge is 0.331 e. The fourth-order valence-corrected chi connectivity index (χ4v) is 2.49. The van der Waals surface area contributed by atoms with Gasteiger partial charge in [0.25, 0.3) is 0 Å². The van der Waals surface area contributed by atoms with Crippen molar-refractivity contribution in [3.63, 3.8) is 0 Å². The third-order valence-electron chi connectivity index (χ3n) is 4.07. The summed E-state index contributed by atoms with van der Waals surface area (Å²) in [4.78, 5) is 34.7. The zero-order chi connectivity index (χ0) is 17.2. The second-order valence-electron chi connectivity index (χ2n) is 6.18. The molecular weight excluding hydrogens is 298 g/mol. The molecule has 0 unspecified atom stereocenters. The Morgan fingerprint density at radius 1 is 1.09 bits per heavy atom. The molecule has 1 rings (SSSR count). The van der Waals surface area contributed by atoms with E-state index in [0.717, 1.165) is 37.8 Å². The van der Waals surface area contributed by atoms with E-state index >= 15 is 0 Å². The van der Waals surface area contributed by atoms with Gasteiger partial charge in [0.2, 0.25) is 5.91 Å². The summed E-state index contributed by atoms with van der Waals surface area (Å²) in [7, 11) is 1.23. The Bertz CT molecular complexity index is 438. The van der Waals surface area contributed by atoms with Crippen molar-refractivity contribution in [1.82, 2.24) is 5.32 Å². The summed E-state index contributed by atoms with van der Waals surface area (Å²) in [5.74, 6) is -0.995. The van der Waals surface area contributed by atoms with Crippen LogP contribution in [0.1, 0.15) is 46.0 Å². The molecule has 1 aliphatic carbocycles. The molecule has 0 radical (unpaired) electrons. The van der Waals surface area contributed by atoms with Crippen LogP contribution in [-0.2, 0) is 23.9 Å². The molecule has 0 aromatic carbocycles. The standard InChI is InChI=1S/C17H27NO5/c1-12(2)14(11-23-16(20)10-9-15(19)22-3)18-17(21)13-7-5-4-6-8-13/h9-10,12-14H,4-8,11H2,1-3H3,(H,18,21)/b10-9+/t14-/m1/s1. The van der Waals surface area contributed by atoms with Gasteiger partial charge < -0.3 is 14.8 Å². The molecule has 1 fully saturated rings. The third kappa shape index (κ3) is 7.30. The Hall–Kier alpha value is -1.85. The van der Waals surface area contributed by atoms with Crippen LogP contribution in [0, 0.1) is 11.8 Å². The van der Waals surface area contributed by atoms with E-state index in [1.807, 2.05) is 13.8 Å². The Balaban J connectivity index is 2.45. The van der Waals surface area contributed by atoms with E-state index in [1.54, 1.807) is 0 Å². The second kappa shape index (κ2) is 10.0. The number of carbonyl (C=O) groups excluding carboxylic acids is 3. The molecule has 6 heteroatoms. The molecule has 1 N–H and O–H groups in total. The first-order valence-corrected chi connectivity index (χ1v) is 8.17. The van der Waals surface area contributed by atoms with Crippen LogP contribution < -0.4 is 5.32 Å². The van der Waals surface area contributed by atoms with Crippen molar-refractivity contribution >= 4 is 17.8 Å². The van der Waals surface area contributed by atoms with Crippen LogP contribution in [0.15, 0.2) is 12.2 Å². The van der Waals surface area contributed by atoms with Gasteiger partial charge in [0.15, 0.2) is 0 Å². The molecule has 0 aromatic rings. The highest BCUT2D eigenvalue weighted by atomic mass is 16.5. The predicted molar refractivity (Wildman–Crippen MR) is 85.5 cm³/mol. The molecule has 23 heavy (non-hydrogen) atoms. The van der Waals surface area contributed by atoms with Gasteiger partial charge in [-0.1, -0.05) is 33.1 Å². The summed E-state index contributed by atoms with van der Waals surface area (Å²) in [6, 6.07) is -0.236. The van der Waals surface area contributed by atoms with Gasteiger partial charge in [-0.3, -0.25) is 4.79 Å². The van der Waals surface area contributed by atoms with Crippen LogP contribution >= 0.6 is 0 Å². The van der Waals surface area contributed by atoms with Gasteiger partial charge in [-0.05, 0) is 18.8 Å². The second-order valence-corrected chi connectivity index (χ2v) is 6.18. The van der Waals surface area contributed by atoms with Crippen LogP contribution in [0.3, 0.4) is 0 Å². The maximum absolute atomic E-state index is 12.3. The Labute approximate surface area is 137 Å². The number of amides is 1. The lowest BCUT2D eigenvalue weighted by atomic mass is 9.88. The highest BCUT2D eigenvalue weighted by molar-refractivity contribution is 5.91. The van der Waals surface area contributed by atoms with Crippen LogP contribution in [0.25, 0.3) is 0 Å². The highest BCUT2D eigenvalue weighted by Crippen LogP contribution is 2.24. The number of methoxy groups -OCH3 is 1. The third-order valence-corrected chi connectivity index (χ3v) is 4.07. The number of esters is 2. The van der Waals surface area contributed by atoms with E-state index in [1.165, 1.54) is 13.5 Å². The first-order chi connectivity index (χ1) is 10.9. The number of nitrogens with one attached hydrogen (secondary N) is 1. The van der Waals surface area contributed by atoms with Crippen molar-refractivity contribution in [1.29, 1.82) is 0 Å². The normalized spacial score (nSPS) is 17.0. The van der Waals surface area contributed by atoms with Crippen LogP contribution in [0.5, 0.6) is 0 Å². The van der Waals surface area contributed by atoms with Crippen molar-refractivity contribution < 1.29 is 23.9 Å². The average Bonchev–Trinajstić information content (AvgIpc) is 2.56. The van der Waals surface area contributed by atoms with E-state index in [2.05, 4.69) is 10.1 Å². The fraction of sp³-hybridized carbons (Fsp3) is 0.706. The minimum absolute atomic E-state index is 0.0459. The zero-order valence-corrected chi connectivity index (χ0v) is 14.2. The highest BCUT2D eigenvalue weighted by Gasteiger charge is 2.25. The molecular formula is C17H27NO5. The molecule has 1 saturated carbocycles. The lowest BCUT2D eigenvalue weighted by molar-refractivity contribution is -0.141. The first-order valence-electron chi connectivity index (χ1n) is 8.17. The van der Waals surface area contributed by atoms with E-state index in [0.29, 0.717) is 0 Å². The van der Waals surface area contributed by atoms with E-state index in [9.17, 15) is 14.4 Å². The lowest BCUT2D eigenvalue weighted by Gasteiger charge is -2.26. The van der Waals surface area contributed by atoms with Gasteiger partial charge in [-0.15, -0.1) is 0 Å². The monoisotopic (exact) mass is 325 g/mol. The molecule has 1 aliphatic rings. The van der Waals surface area contributed by atoms with Gasteiger partial charge >= 0.3 is 11.9 Å². The first kappa shape index (κ1) is 19.2. The number of rotatable bonds is 7. The quantitative estimate of drug-likeness (QED) is 0.572. The van der Waals surface area contributed by atoms with E-state index in [-0.39, 0.29) is 30.4 Å². The van der Waals surface area contributed by atoms with Gasteiger partial charge in [0.1, 0.15) is 6.61 Å². The Morgan fingerprint density at radius 3 is 2.26 bits per heavy atom. The molecule has 0 spiro atoms. The largest absolute Gasteiger partial charge is 0.466 e. The van der Waals surface area contributed by atoms with Gasteiger partial charge in [0, 0.05) is 18.1 Å². The number of hydrogen-bond donors (Lipinski definition) is 1. The van der Waals surface area contributed by atoms with Crippen LogP contribution in [0.2, 0.25) is 0 Å². The van der Waals surface area contributed by atoms with Crippen molar-refractivity contribution in [3.8, 4) is 0 Å². The zero-order valence-electron chi connectivity index (χ0n) is 14.2. The maximum atomic E-state index is 12.3. The van der Waals surface area contributed by atoms with E-state index in [4.69, 9.17) is 4.74 Å². The molecule has 1 atom stereocenters. The fourth-order valence-electron chi connectivity index (χ4n) is 2.49. The summed E-state index contributed by atoms with van der Waals surface area (Å²) >= 11 is 0. The molecule has 130 valence electrons. The van der Waals surface area contributed by atoms with Crippen LogP contribution in [0.4, 0.5) is 0 Å². The van der Waals surface area contributed by atoms with Crippen LogP contribution in [-0.4, -0.2) is 37.6 Å².